The van der Waals surface area contributed by atoms with Gasteiger partial charge in [0, 0.05) is 0 Å². The molecule has 0 aromatic carbocycles. The van der Waals surface area contributed by atoms with Gasteiger partial charge in [-0.05, 0) is 20.3 Å². The third-order valence-electron chi connectivity index (χ3n) is 0.333. The maximum atomic E-state index is 3.55. The minimum Gasteiger partial charge on any atom is -0.0885 e. The normalized spacial score (nSPS) is 10.0. The van der Waals surface area contributed by atoms with Crippen LogP contribution in [0.5, 0.6) is 0 Å². The van der Waals surface area contributed by atoms with Gasteiger partial charge < -0.3 is 0 Å². The molecule has 0 saturated carbocycles. The van der Waals surface area contributed by atoms with E-state index in [0.717, 1.165) is 6.42 Å². The number of hydrogen-bond donors (Lipinski definition) is 0. The van der Waals surface area contributed by atoms with Crippen LogP contribution in [0.3, 0.4) is 0 Å². The van der Waals surface area contributed by atoms with Crippen LogP contribution in [0, 0.1) is 13.8 Å². The molecule has 0 aliphatic rings. The zero-order valence-corrected chi connectivity index (χ0v) is 3.28. The number of rotatable bonds is 1. The van der Waals surface area contributed by atoms with E-state index >= 15 is 0 Å². The van der Waals surface area contributed by atoms with Crippen molar-refractivity contribution in [2.24, 2.45) is 0 Å². The molecule has 0 rings (SSSR count). The Kier molecular flexibility index (Phi) is 3.55. The Morgan fingerprint density at radius 3 is 2.20 bits per heavy atom. The Balaban J connectivity index is 2.62. The highest BCUT2D eigenvalue weighted by Gasteiger charge is 1.52. The average Bonchev–Trinajstić information content (AvgIpc) is 1.41. The van der Waals surface area contributed by atoms with E-state index in [9.17, 15) is 0 Å². The molecule has 0 aliphatic heterocycles. The van der Waals surface area contributed by atoms with Gasteiger partial charge in [-0.15, -0.1) is 0 Å². The molecule has 5 heavy (non-hydrogen) atoms. The van der Waals surface area contributed by atoms with E-state index < -0.39 is 0 Å². The molecule has 2 radical (unpaired) electrons. The van der Waals surface area contributed by atoms with Crippen LogP contribution in [0.1, 0.15) is 6.42 Å². The molecule has 0 fully saturated rings. The lowest BCUT2D eigenvalue weighted by atomic mass is 10.4. The summed E-state index contributed by atoms with van der Waals surface area (Å²) in [6, 6.07) is 0. The second kappa shape index (κ2) is 3.74. The summed E-state index contributed by atoms with van der Waals surface area (Å²) in [5, 5.41) is 0. The standard InChI is InChI=1S/C5H8/c1-3-5-4-2/h3,5H,1-2,4H2/b5-3-. The summed E-state index contributed by atoms with van der Waals surface area (Å²) in [6.45, 7) is 7.00. The third kappa shape index (κ3) is 3.74. The SMILES string of the molecule is [CH2]/C=C\C[CH2]. The minimum absolute atomic E-state index is 0.851. The van der Waals surface area contributed by atoms with Gasteiger partial charge in [-0.3, -0.25) is 0 Å². The van der Waals surface area contributed by atoms with Gasteiger partial charge >= 0.3 is 0 Å². The molecule has 0 atom stereocenters. The molecule has 0 aromatic heterocycles. The molecule has 0 amide bonds. The van der Waals surface area contributed by atoms with E-state index in [0.29, 0.717) is 0 Å². The van der Waals surface area contributed by atoms with Crippen LogP contribution in [0.25, 0.3) is 0 Å². The minimum atomic E-state index is 0.851. The summed E-state index contributed by atoms with van der Waals surface area (Å²) >= 11 is 0. The fraction of sp³-hybridized carbons (Fsp3) is 0.200. The first kappa shape index (κ1) is 4.74. The summed E-state index contributed by atoms with van der Waals surface area (Å²) in [5.41, 5.74) is 0. The van der Waals surface area contributed by atoms with Crippen LogP contribution < -0.4 is 0 Å². The van der Waals surface area contributed by atoms with E-state index in [1.807, 2.05) is 6.08 Å². The summed E-state index contributed by atoms with van der Waals surface area (Å²) in [5.74, 6) is 0. The van der Waals surface area contributed by atoms with Crippen molar-refractivity contribution in [3.63, 3.8) is 0 Å². The molecular weight excluding hydrogens is 60.1 g/mol. The lowest BCUT2D eigenvalue weighted by molar-refractivity contribution is 1.40. The van der Waals surface area contributed by atoms with Gasteiger partial charge in [0.2, 0.25) is 0 Å². The molecule has 0 nitrogen and oxygen atoms in total. The first-order valence-electron chi connectivity index (χ1n) is 1.65. The van der Waals surface area contributed by atoms with E-state index in [-0.39, 0.29) is 0 Å². The highest BCUT2D eigenvalue weighted by Crippen LogP contribution is 1.72. The van der Waals surface area contributed by atoms with Crippen LogP contribution in [0.15, 0.2) is 12.2 Å². The Morgan fingerprint density at radius 1 is 1.60 bits per heavy atom. The molecule has 0 heteroatoms. The van der Waals surface area contributed by atoms with Gasteiger partial charge in [-0.1, -0.05) is 12.2 Å². The maximum absolute atomic E-state index is 3.55. The Labute approximate surface area is 33.5 Å². The van der Waals surface area contributed by atoms with Crippen LogP contribution in [-0.4, -0.2) is 0 Å². The molecule has 0 unspecified atom stereocenters. The molecule has 0 saturated heterocycles. The van der Waals surface area contributed by atoms with Crippen molar-refractivity contribution < 1.29 is 0 Å². The fourth-order valence-electron chi connectivity index (χ4n) is 0.118. The predicted molar refractivity (Wildman–Crippen MR) is 24.5 cm³/mol. The molecule has 0 aliphatic carbocycles. The Bertz CT molecular complexity index is 27.0. The van der Waals surface area contributed by atoms with Crippen LogP contribution in [0.4, 0.5) is 0 Å². The fourth-order valence-corrected chi connectivity index (χ4v) is 0.118. The van der Waals surface area contributed by atoms with Crippen molar-refractivity contribution in [1.29, 1.82) is 0 Å². The van der Waals surface area contributed by atoms with E-state index in [1.54, 1.807) is 6.08 Å². The van der Waals surface area contributed by atoms with Crippen molar-refractivity contribution >= 4 is 0 Å². The maximum Gasteiger partial charge on any atom is -0.0316 e. The zero-order valence-electron chi connectivity index (χ0n) is 3.28. The highest BCUT2D eigenvalue weighted by atomic mass is 13.6. The zero-order chi connectivity index (χ0) is 4.12. The molecule has 0 N–H and O–H groups in total. The molecule has 0 bridgehead atoms. The van der Waals surface area contributed by atoms with Crippen molar-refractivity contribution in [3.8, 4) is 0 Å². The van der Waals surface area contributed by atoms with Crippen molar-refractivity contribution in [3.05, 3.63) is 26.0 Å². The molecule has 28 valence electrons. The summed E-state index contributed by atoms with van der Waals surface area (Å²) in [6.07, 6.45) is 4.50. The molecule has 0 spiro atoms. The number of hydrogen-bond acceptors (Lipinski definition) is 0. The largest absolute Gasteiger partial charge is 0.0885 e. The second-order valence-electron chi connectivity index (χ2n) is 0.760. The lowest BCUT2D eigenvalue weighted by Gasteiger charge is -1.64. The van der Waals surface area contributed by atoms with Crippen molar-refractivity contribution in [1.82, 2.24) is 0 Å². The van der Waals surface area contributed by atoms with Crippen LogP contribution >= 0.6 is 0 Å². The Hall–Kier alpha value is -0.260. The monoisotopic (exact) mass is 68.1 g/mol. The average molecular weight is 68.1 g/mol. The van der Waals surface area contributed by atoms with Gasteiger partial charge in [0.15, 0.2) is 0 Å². The van der Waals surface area contributed by atoms with Gasteiger partial charge in [0.05, 0.1) is 0 Å². The summed E-state index contributed by atoms with van der Waals surface area (Å²) in [4.78, 5) is 0. The van der Waals surface area contributed by atoms with E-state index in [2.05, 4.69) is 13.8 Å². The van der Waals surface area contributed by atoms with Gasteiger partial charge in [0.25, 0.3) is 0 Å². The third-order valence-corrected chi connectivity index (χ3v) is 0.333. The number of allylic oxidation sites excluding steroid dienone is 2. The van der Waals surface area contributed by atoms with Crippen molar-refractivity contribution in [2.75, 3.05) is 0 Å². The van der Waals surface area contributed by atoms with Crippen LogP contribution in [0.2, 0.25) is 0 Å². The van der Waals surface area contributed by atoms with E-state index in [1.165, 1.54) is 0 Å². The lowest BCUT2D eigenvalue weighted by Crippen LogP contribution is -1.44. The topological polar surface area (TPSA) is 0 Å². The molecule has 0 heterocycles. The van der Waals surface area contributed by atoms with E-state index in [4.69, 9.17) is 0 Å². The quantitative estimate of drug-likeness (QED) is 0.438. The highest BCUT2D eigenvalue weighted by molar-refractivity contribution is 4.83. The van der Waals surface area contributed by atoms with Crippen LogP contribution in [-0.2, 0) is 0 Å². The molecular formula is C5H8. The first-order valence-corrected chi connectivity index (χ1v) is 1.65. The Morgan fingerprint density at radius 2 is 2.20 bits per heavy atom. The summed E-state index contributed by atoms with van der Waals surface area (Å²) < 4.78 is 0. The second-order valence-corrected chi connectivity index (χ2v) is 0.760. The first-order chi connectivity index (χ1) is 2.41. The van der Waals surface area contributed by atoms with Gasteiger partial charge in [-0.25, -0.2) is 0 Å². The van der Waals surface area contributed by atoms with Gasteiger partial charge in [-0.2, -0.15) is 0 Å². The molecule has 0 aromatic rings. The smallest absolute Gasteiger partial charge is 0.0316 e. The summed E-state index contributed by atoms with van der Waals surface area (Å²) in [7, 11) is 0. The predicted octanol–water partition coefficient (Wildman–Crippen LogP) is 1.60. The van der Waals surface area contributed by atoms with Gasteiger partial charge in [0.1, 0.15) is 0 Å². The van der Waals surface area contributed by atoms with Crippen molar-refractivity contribution in [2.45, 2.75) is 6.42 Å².